The van der Waals surface area contributed by atoms with Crippen molar-refractivity contribution in [2.45, 2.75) is 195 Å². The molecule has 2 heterocycles. The van der Waals surface area contributed by atoms with Crippen LogP contribution in [0.5, 0.6) is 11.5 Å². The topological polar surface area (TPSA) is 24.9 Å². The Hall–Kier alpha value is -7.91. The van der Waals surface area contributed by atoms with Gasteiger partial charge in [-0.3, -0.25) is 0 Å². The van der Waals surface area contributed by atoms with Gasteiger partial charge in [-0.1, -0.05) is 12.1 Å². The Bertz CT molecular complexity index is 4430. The number of ether oxygens (including phenoxy) is 2. The van der Waals surface area contributed by atoms with Crippen LogP contribution in [0.25, 0.3) is 0 Å². The summed E-state index contributed by atoms with van der Waals surface area (Å²) in [6.45, 7) is -7.68. The molecule has 0 amide bonds. The summed E-state index contributed by atoms with van der Waals surface area (Å²) < 4.78 is 840. The van der Waals surface area contributed by atoms with Gasteiger partial charge in [0.2, 0.25) is 5.41 Å². The fourth-order valence-electron chi connectivity index (χ4n) is 11.5. The van der Waals surface area contributed by atoms with E-state index in [1.165, 1.54) is 0 Å². The maximum Gasteiger partial charge on any atom is 0.460 e. The molecule has 2 aliphatic rings. The standard InChI is InChI=1S/C58H27F57N2O2/c1-18-8-25(33(59,60)36(65,66)39(71,72)42(77,78)45(83,84)48(89,90)51(95,96)56(107,108)109)9-19(2)30(18)116-14-21-11-23(4-6-28(21)118-16-116)32(54(101,102)103,55(104,105)106)24-5-7-29-22(12-24)15-117(17-119-29)31-20(3)10-26(34(61,62)37(67,68)40(73,74)43(79,80)46(85,86)49(91,92)52(97,98)57(110,111)112)13-27(31)35(63,64)38(69,70)41(75,76)44(81,82)47(87,88)50(93,94)53(99,100)58(113,114)115/h4-13H,14-17H2,1-3H3. The summed E-state index contributed by atoms with van der Waals surface area (Å²) >= 11 is 0. The lowest BCUT2D eigenvalue weighted by atomic mass is 9.72. The molecule has 6 rings (SSSR count). The van der Waals surface area contributed by atoms with Gasteiger partial charge in [0.15, 0.2) is 13.5 Å². The van der Waals surface area contributed by atoms with Gasteiger partial charge in [0.25, 0.3) is 0 Å². The molecule has 0 aromatic heterocycles. The molecule has 0 saturated carbocycles. The molecular formula is C58H27F57N2O2. The van der Waals surface area contributed by atoms with Gasteiger partial charge < -0.3 is 19.3 Å². The molecule has 0 aliphatic carbocycles. The highest BCUT2D eigenvalue weighted by Gasteiger charge is 2.99. The lowest BCUT2D eigenvalue weighted by Gasteiger charge is -2.44. The van der Waals surface area contributed by atoms with Gasteiger partial charge in [0.05, 0.1) is 11.3 Å². The molecule has 0 spiro atoms. The van der Waals surface area contributed by atoms with Gasteiger partial charge in [-0.25, -0.2) is 0 Å². The maximum absolute atomic E-state index is 16.7. The van der Waals surface area contributed by atoms with Crippen molar-refractivity contribution in [1.29, 1.82) is 0 Å². The number of rotatable bonds is 25. The summed E-state index contributed by atoms with van der Waals surface area (Å²) in [4.78, 5) is -0.605. The SMILES string of the molecule is Cc1cc(C(F)(F)C(F)(F)C(F)(F)C(F)(F)C(F)(F)C(F)(F)C(F)(F)C(F)(F)F)cc(C)c1N1COc2ccc(C(c3ccc4c(c3)CN(c3c(C)cc(C(F)(F)C(F)(F)C(F)(F)C(F)(F)C(F)(F)C(F)(F)C(F)(F)C(F)(F)F)cc3C(F)(F)C(F)(F)C(F)(F)C(F)(F)C(F)(F)C(F)(F)C(F)(F)C(F)(F)F)CO4)(C(F)(F)F)C(F)(F)F)cc2C1. The highest BCUT2D eigenvalue weighted by atomic mass is 19.5. The van der Waals surface area contributed by atoms with Crippen molar-refractivity contribution in [2.24, 2.45) is 0 Å². The third-order valence-corrected chi connectivity index (χ3v) is 18.0. The summed E-state index contributed by atoms with van der Waals surface area (Å²) in [5.41, 5.74) is -35.0. The van der Waals surface area contributed by atoms with E-state index in [-0.39, 0.29) is 24.3 Å². The van der Waals surface area contributed by atoms with Crippen molar-refractivity contribution in [2.75, 3.05) is 23.3 Å². The Morgan fingerprint density at radius 1 is 0.218 bits per heavy atom. The minimum absolute atomic E-state index is 0.0933. The Morgan fingerprint density at radius 2 is 0.429 bits per heavy atom. The number of hydrogen-bond acceptors (Lipinski definition) is 4. The number of halogens is 57. The van der Waals surface area contributed by atoms with Crippen molar-refractivity contribution in [1.82, 2.24) is 0 Å². The minimum Gasteiger partial charge on any atom is -0.473 e. The number of nitrogens with zero attached hydrogens (tertiary/aromatic N) is 2. The smallest absolute Gasteiger partial charge is 0.460 e. The van der Waals surface area contributed by atoms with E-state index in [0.29, 0.717) is 18.7 Å². The van der Waals surface area contributed by atoms with Crippen molar-refractivity contribution in [3.8, 4) is 11.5 Å². The van der Waals surface area contributed by atoms with Crippen LogP contribution in [0.3, 0.4) is 0 Å². The van der Waals surface area contributed by atoms with Crippen LogP contribution in [-0.4, -0.2) is 151 Å². The summed E-state index contributed by atoms with van der Waals surface area (Å²) in [5.74, 6) is -194. The van der Waals surface area contributed by atoms with Crippen molar-refractivity contribution in [3.63, 3.8) is 0 Å². The Labute approximate surface area is 616 Å². The Balaban J connectivity index is 1.57. The third kappa shape index (κ3) is 13.1. The zero-order valence-electron chi connectivity index (χ0n) is 55.4. The first-order chi connectivity index (χ1) is 51.9. The zero-order chi connectivity index (χ0) is 94.1. The number of fused-ring (bicyclic) bond motifs is 2. The average Bonchev–Trinajstić information content (AvgIpc) is 0.696. The van der Waals surface area contributed by atoms with Crippen LogP contribution in [0.1, 0.15) is 55.6 Å². The van der Waals surface area contributed by atoms with Gasteiger partial charge in [0.1, 0.15) is 11.5 Å². The summed E-state index contributed by atoms with van der Waals surface area (Å²) in [6, 6.07) is -7.06. The summed E-state index contributed by atoms with van der Waals surface area (Å²) in [6.07, 6.45) is -39.4. The predicted molar refractivity (Wildman–Crippen MR) is 275 cm³/mol. The van der Waals surface area contributed by atoms with Gasteiger partial charge in [-0.05, 0) is 97.1 Å². The highest BCUT2D eigenvalue weighted by Crippen LogP contribution is 2.71. The molecule has 4 aromatic carbocycles. The third-order valence-electron chi connectivity index (χ3n) is 18.0. The lowest BCUT2D eigenvalue weighted by molar-refractivity contribution is -0.463. The highest BCUT2D eigenvalue weighted by molar-refractivity contribution is 5.66. The molecule has 4 nitrogen and oxygen atoms in total. The van der Waals surface area contributed by atoms with Crippen molar-refractivity contribution in [3.05, 3.63) is 116 Å². The largest absolute Gasteiger partial charge is 0.473 e. The van der Waals surface area contributed by atoms with E-state index >= 15 is 105 Å². The molecule has 0 N–H and O–H groups in total. The van der Waals surface area contributed by atoms with E-state index in [4.69, 9.17) is 9.47 Å². The molecule has 2 aliphatic heterocycles. The molecule has 680 valence electrons. The van der Waals surface area contributed by atoms with Gasteiger partial charge in [-0.2, -0.15) is 250 Å². The molecule has 0 bridgehead atoms. The van der Waals surface area contributed by atoms with Crippen LogP contribution >= 0.6 is 0 Å². The Kier molecular flexibility index (Phi) is 23.1. The number of aryl methyl sites for hydroxylation is 3. The fraction of sp³-hybridized carbons (Fsp3) is 0.586. The number of anilines is 2. The van der Waals surface area contributed by atoms with E-state index in [1.807, 2.05) is 0 Å². The summed E-state index contributed by atoms with van der Waals surface area (Å²) in [5, 5.41) is 0. The number of hydrogen-bond donors (Lipinski definition) is 0. The number of benzene rings is 4. The fourth-order valence-corrected chi connectivity index (χ4v) is 11.5. The predicted octanol–water partition coefficient (Wildman–Crippen LogP) is 25.1. The normalized spacial score (nSPS) is 16.9. The second-order valence-corrected chi connectivity index (χ2v) is 25.5. The van der Waals surface area contributed by atoms with Gasteiger partial charge in [-0.15, -0.1) is 0 Å². The first-order valence-corrected chi connectivity index (χ1v) is 29.5. The van der Waals surface area contributed by atoms with Crippen LogP contribution in [0.15, 0.2) is 60.7 Å². The molecule has 0 unspecified atom stereocenters. The van der Waals surface area contributed by atoms with Crippen molar-refractivity contribution < 1.29 is 260 Å². The van der Waals surface area contributed by atoms with E-state index in [2.05, 4.69) is 0 Å². The molecule has 0 saturated heterocycles. The monoisotopic (exact) mass is 1870 g/mol. The van der Waals surface area contributed by atoms with E-state index in [0.717, 1.165) is 0 Å². The Morgan fingerprint density at radius 3 is 0.672 bits per heavy atom. The van der Waals surface area contributed by atoms with Crippen LogP contribution in [0.2, 0.25) is 0 Å². The molecule has 0 fully saturated rings. The van der Waals surface area contributed by atoms with Crippen LogP contribution < -0.4 is 19.3 Å². The summed E-state index contributed by atoms with van der Waals surface area (Å²) in [7, 11) is 0. The van der Waals surface area contributed by atoms with Gasteiger partial charge >= 0.3 is 155 Å². The zero-order valence-corrected chi connectivity index (χ0v) is 55.4. The second kappa shape index (κ2) is 27.5. The van der Waals surface area contributed by atoms with E-state index < -0.39 is 314 Å². The molecular weight excluding hydrogens is 1840 g/mol. The van der Waals surface area contributed by atoms with Gasteiger partial charge in [0, 0.05) is 41.0 Å². The molecule has 0 atom stereocenters. The first-order valence-electron chi connectivity index (χ1n) is 29.5. The molecule has 0 radical (unpaired) electrons. The maximum atomic E-state index is 16.7. The molecule has 61 heteroatoms. The van der Waals surface area contributed by atoms with E-state index in [9.17, 15) is 145 Å². The lowest BCUT2D eigenvalue weighted by Crippen LogP contribution is -2.74. The molecule has 119 heavy (non-hydrogen) atoms. The second-order valence-electron chi connectivity index (χ2n) is 25.5. The average molecular weight is 1870 g/mol. The van der Waals surface area contributed by atoms with Crippen molar-refractivity contribution >= 4 is 11.4 Å². The van der Waals surface area contributed by atoms with Crippen LogP contribution in [0.4, 0.5) is 262 Å². The quantitative estimate of drug-likeness (QED) is 0.0618. The first kappa shape index (κ1) is 99.9. The molecule has 4 aromatic rings. The van der Waals surface area contributed by atoms with Crippen LogP contribution in [-0.2, 0) is 36.3 Å². The van der Waals surface area contributed by atoms with Crippen LogP contribution in [0, 0.1) is 20.8 Å². The number of alkyl halides is 57. The minimum atomic E-state index is -9.83. The van der Waals surface area contributed by atoms with E-state index in [1.54, 1.807) is 0 Å².